The predicted octanol–water partition coefficient (Wildman–Crippen LogP) is 3.24. The molecule has 0 spiro atoms. The SMILES string of the molecule is CCNC(=NCc1ccc(OC)c(OC)c1)NCc1cc(F)ccc1F. The number of hydrogen-bond acceptors (Lipinski definition) is 3. The minimum Gasteiger partial charge on any atom is -0.493 e. The van der Waals surface area contributed by atoms with E-state index in [1.165, 1.54) is 6.07 Å². The lowest BCUT2D eigenvalue weighted by Crippen LogP contribution is -2.37. The number of ether oxygens (including phenoxy) is 2. The number of rotatable bonds is 7. The van der Waals surface area contributed by atoms with Crippen molar-refractivity contribution in [1.29, 1.82) is 0 Å². The van der Waals surface area contributed by atoms with Crippen molar-refractivity contribution in [3.63, 3.8) is 0 Å². The van der Waals surface area contributed by atoms with Gasteiger partial charge in [-0.1, -0.05) is 6.07 Å². The first-order valence-corrected chi connectivity index (χ1v) is 8.24. The second kappa shape index (κ2) is 9.60. The summed E-state index contributed by atoms with van der Waals surface area (Å²) in [7, 11) is 3.15. The lowest BCUT2D eigenvalue weighted by Gasteiger charge is -2.12. The summed E-state index contributed by atoms with van der Waals surface area (Å²) < 4.78 is 37.5. The van der Waals surface area contributed by atoms with Gasteiger partial charge in [0.2, 0.25) is 0 Å². The van der Waals surface area contributed by atoms with Crippen LogP contribution in [0.25, 0.3) is 0 Å². The van der Waals surface area contributed by atoms with Crippen LogP contribution in [0.15, 0.2) is 41.4 Å². The van der Waals surface area contributed by atoms with Crippen LogP contribution in [0.5, 0.6) is 11.5 Å². The van der Waals surface area contributed by atoms with E-state index in [9.17, 15) is 8.78 Å². The lowest BCUT2D eigenvalue weighted by molar-refractivity contribution is 0.354. The molecule has 0 radical (unpaired) electrons. The Morgan fingerprint density at radius 1 is 1.00 bits per heavy atom. The number of nitrogens with zero attached hydrogens (tertiary/aromatic N) is 1. The number of benzene rings is 2. The van der Waals surface area contributed by atoms with Crippen LogP contribution in [-0.4, -0.2) is 26.7 Å². The first-order chi connectivity index (χ1) is 12.6. The van der Waals surface area contributed by atoms with Gasteiger partial charge in [0.1, 0.15) is 11.6 Å². The summed E-state index contributed by atoms with van der Waals surface area (Å²) in [6, 6.07) is 8.92. The highest BCUT2D eigenvalue weighted by atomic mass is 19.1. The Balaban J connectivity index is 2.07. The Hall–Kier alpha value is -2.83. The molecule has 0 heterocycles. The Kier molecular flexibility index (Phi) is 7.20. The molecule has 2 aromatic rings. The maximum Gasteiger partial charge on any atom is 0.191 e. The van der Waals surface area contributed by atoms with E-state index in [1.54, 1.807) is 14.2 Å². The van der Waals surface area contributed by atoms with E-state index in [4.69, 9.17) is 9.47 Å². The van der Waals surface area contributed by atoms with Gasteiger partial charge in [-0.2, -0.15) is 0 Å². The summed E-state index contributed by atoms with van der Waals surface area (Å²) in [6.45, 7) is 3.09. The van der Waals surface area contributed by atoms with Gasteiger partial charge in [0.15, 0.2) is 17.5 Å². The Morgan fingerprint density at radius 2 is 1.77 bits per heavy atom. The molecule has 0 aliphatic heterocycles. The zero-order valence-electron chi connectivity index (χ0n) is 15.1. The van der Waals surface area contributed by atoms with E-state index < -0.39 is 11.6 Å². The third-order valence-corrected chi connectivity index (χ3v) is 3.67. The summed E-state index contributed by atoms with van der Waals surface area (Å²) in [5, 5.41) is 6.08. The highest BCUT2D eigenvalue weighted by molar-refractivity contribution is 5.79. The number of nitrogens with one attached hydrogen (secondary N) is 2. The van der Waals surface area contributed by atoms with Crippen LogP contribution in [0.1, 0.15) is 18.1 Å². The molecule has 0 aliphatic rings. The molecule has 7 heteroatoms. The molecule has 0 unspecified atom stereocenters. The molecular formula is C19H23F2N3O2. The van der Waals surface area contributed by atoms with Gasteiger partial charge in [0.05, 0.1) is 20.8 Å². The van der Waals surface area contributed by atoms with Gasteiger partial charge in [0, 0.05) is 18.7 Å². The maximum atomic E-state index is 13.7. The van der Waals surface area contributed by atoms with Gasteiger partial charge in [-0.15, -0.1) is 0 Å². The van der Waals surface area contributed by atoms with Crippen LogP contribution in [0, 0.1) is 11.6 Å². The van der Waals surface area contributed by atoms with Gasteiger partial charge < -0.3 is 20.1 Å². The minimum absolute atomic E-state index is 0.126. The van der Waals surface area contributed by atoms with E-state index in [1.807, 2.05) is 25.1 Å². The van der Waals surface area contributed by atoms with Crippen LogP contribution < -0.4 is 20.1 Å². The summed E-state index contributed by atoms with van der Waals surface area (Å²) in [4.78, 5) is 4.46. The van der Waals surface area contributed by atoms with Crippen LogP contribution in [0.2, 0.25) is 0 Å². The van der Waals surface area contributed by atoms with Crippen molar-refractivity contribution in [2.75, 3.05) is 20.8 Å². The van der Waals surface area contributed by atoms with Crippen molar-refractivity contribution in [2.45, 2.75) is 20.0 Å². The number of guanidine groups is 1. The van der Waals surface area contributed by atoms with Gasteiger partial charge >= 0.3 is 0 Å². The zero-order chi connectivity index (χ0) is 18.9. The topological polar surface area (TPSA) is 54.9 Å². The van der Waals surface area contributed by atoms with Crippen molar-refractivity contribution in [3.8, 4) is 11.5 Å². The van der Waals surface area contributed by atoms with Gasteiger partial charge in [-0.3, -0.25) is 0 Å². The molecule has 0 amide bonds. The van der Waals surface area contributed by atoms with Gasteiger partial charge in [-0.05, 0) is 42.8 Å². The normalized spacial score (nSPS) is 11.2. The van der Waals surface area contributed by atoms with Crippen molar-refractivity contribution in [1.82, 2.24) is 10.6 Å². The van der Waals surface area contributed by atoms with Crippen LogP contribution >= 0.6 is 0 Å². The first kappa shape index (κ1) is 19.5. The van der Waals surface area contributed by atoms with Crippen molar-refractivity contribution in [2.24, 2.45) is 4.99 Å². The largest absolute Gasteiger partial charge is 0.493 e. The Labute approximate surface area is 152 Å². The molecule has 0 aliphatic carbocycles. The highest BCUT2D eigenvalue weighted by Crippen LogP contribution is 2.27. The molecule has 26 heavy (non-hydrogen) atoms. The molecule has 5 nitrogen and oxygen atoms in total. The molecule has 2 N–H and O–H groups in total. The van der Waals surface area contributed by atoms with Crippen LogP contribution in [0.4, 0.5) is 8.78 Å². The lowest BCUT2D eigenvalue weighted by atomic mass is 10.2. The van der Waals surface area contributed by atoms with Gasteiger partial charge in [0.25, 0.3) is 0 Å². The van der Waals surface area contributed by atoms with Crippen LogP contribution in [-0.2, 0) is 13.1 Å². The number of halogens is 2. The summed E-state index contributed by atoms with van der Waals surface area (Å²) in [6.07, 6.45) is 0. The predicted molar refractivity (Wildman–Crippen MR) is 97.6 cm³/mol. The average Bonchev–Trinajstić information content (AvgIpc) is 2.66. The van der Waals surface area contributed by atoms with Crippen LogP contribution in [0.3, 0.4) is 0 Å². The van der Waals surface area contributed by atoms with E-state index in [-0.39, 0.29) is 12.1 Å². The minimum atomic E-state index is -0.476. The standard InChI is InChI=1S/C19H23F2N3O2/c1-4-22-19(24-12-14-10-15(20)6-7-16(14)21)23-11-13-5-8-17(25-2)18(9-13)26-3/h5-10H,4,11-12H2,1-3H3,(H2,22,23,24). The molecule has 0 atom stereocenters. The molecule has 2 aromatic carbocycles. The first-order valence-electron chi connectivity index (χ1n) is 8.24. The quantitative estimate of drug-likeness (QED) is 0.586. The fraction of sp³-hybridized carbons (Fsp3) is 0.316. The van der Waals surface area contributed by atoms with E-state index in [0.717, 1.165) is 17.7 Å². The molecule has 0 aromatic heterocycles. The van der Waals surface area contributed by atoms with E-state index >= 15 is 0 Å². The summed E-state index contributed by atoms with van der Waals surface area (Å²) >= 11 is 0. The maximum absolute atomic E-state index is 13.7. The Morgan fingerprint density at radius 3 is 2.46 bits per heavy atom. The zero-order valence-corrected chi connectivity index (χ0v) is 15.1. The molecule has 2 rings (SSSR count). The van der Waals surface area contributed by atoms with Crippen molar-refractivity contribution < 1.29 is 18.3 Å². The average molecular weight is 363 g/mol. The Bertz CT molecular complexity index is 766. The second-order valence-corrected chi connectivity index (χ2v) is 5.47. The van der Waals surface area contributed by atoms with E-state index in [2.05, 4.69) is 15.6 Å². The van der Waals surface area contributed by atoms with Crippen molar-refractivity contribution >= 4 is 5.96 Å². The molecule has 0 bridgehead atoms. The smallest absolute Gasteiger partial charge is 0.191 e. The fourth-order valence-electron chi connectivity index (χ4n) is 2.35. The monoisotopic (exact) mass is 363 g/mol. The highest BCUT2D eigenvalue weighted by Gasteiger charge is 2.07. The molecule has 0 saturated carbocycles. The van der Waals surface area contributed by atoms with E-state index in [0.29, 0.717) is 30.5 Å². The molecule has 0 saturated heterocycles. The third kappa shape index (κ3) is 5.34. The number of aliphatic imine (C=N–C) groups is 1. The molecule has 0 fully saturated rings. The van der Waals surface area contributed by atoms with Crippen molar-refractivity contribution in [3.05, 3.63) is 59.2 Å². The van der Waals surface area contributed by atoms with Gasteiger partial charge in [-0.25, -0.2) is 13.8 Å². The third-order valence-electron chi connectivity index (χ3n) is 3.67. The second-order valence-electron chi connectivity index (χ2n) is 5.47. The number of hydrogen-bond donors (Lipinski definition) is 2. The molecular weight excluding hydrogens is 340 g/mol. The number of methoxy groups -OCH3 is 2. The summed E-state index contributed by atoms with van der Waals surface area (Å²) in [5.41, 5.74) is 1.17. The fourth-order valence-corrected chi connectivity index (χ4v) is 2.35. The summed E-state index contributed by atoms with van der Waals surface area (Å²) in [5.74, 6) is 0.836. The molecule has 140 valence electrons.